The van der Waals surface area contributed by atoms with E-state index < -0.39 is 15.4 Å². The molecule has 0 aromatic heterocycles. The van der Waals surface area contributed by atoms with E-state index >= 15 is 0 Å². The summed E-state index contributed by atoms with van der Waals surface area (Å²) in [6.07, 6.45) is 0.711. The van der Waals surface area contributed by atoms with Gasteiger partial charge in [-0.25, -0.2) is 8.42 Å². The van der Waals surface area contributed by atoms with Crippen molar-refractivity contribution in [2.75, 3.05) is 52.2 Å². The summed E-state index contributed by atoms with van der Waals surface area (Å²) in [4.78, 5) is 12.1. The van der Waals surface area contributed by atoms with E-state index in [1.807, 2.05) is 0 Å². The van der Waals surface area contributed by atoms with Gasteiger partial charge in [0.25, 0.3) is 0 Å². The van der Waals surface area contributed by atoms with Crippen molar-refractivity contribution in [3.05, 3.63) is 0 Å². The molecule has 0 aliphatic carbocycles. The average Bonchev–Trinajstić information content (AvgIpc) is 2.43. The maximum Gasteiger partial charge on any atom is 0.226 e. The summed E-state index contributed by atoms with van der Waals surface area (Å²) >= 11 is 0. The zero-order chi connectivity index (χ0) is 15.9. The fourth-order valence-corrected chi connectivity index (χ4v) is 4.16. The molecule has 7 nitrogen and oxygen atoms in total. The predicted octanol–water partition coefficient (Wildman–Crippen LogP) is -0.600. The average molecular weight is 321 g/mol. The summed E-state index contributed by atoms with van der Waals surface area (Å²) in [6, 6.07) is 0. The topological polar surface area (TPSA) is 87.7 Å². The molecule has 0 aromatic carbocycles. The number of hydrogen-bond acceptors (Lipinski definition) is 5. The second-order valence-electron chi connectivity index (χ2n) is 5.89. The third-order valence-electron chi connectivity index (χ3n) is 3.44. The van der Waals surface area contributed by atoms with Crippen LogP contribution in [0, 0.1) is 5.41 Å². The Hall–Kier alpha value is -0.700. The van der Waals surface area contributed by atoms with Crippen molar-refractivity contribution in [2.24, 2.45) is 5.41 Å². The van der Waals surface area contributed by atoms with Gasteiger partial charge in [0.15, 0.2) is 0 Å². The molecule has 1 amide bonds. The van der Waals surface area contributed by atoms with Crippen molar-refractivity contribution in [1.29, 1.82) is 0 Å². The Bertz CT molecular complexity index is 431. The van der Waals surface area contributed by atoms with Crippen molar-refractivity contribution < 1.29 is 17.9 Å². The Morgan fingerprint density at radius 1 is 1.33 bits per heavy atom. The molecule has 0 unspecified atom stereocenters. The van der Waals surface area contributed by atoms with Crippen LogP contribution in [0.1, 0.15) is 20.3 Å². The second kappa shape index (κ2) is 8.07. The summed E-state index contributed by atoms with van der Waals surface area (Å²) in [7, 11) is -1.81. The van der Waals surface area contributed by atoms with Crippen LogP contribution in [-0.4, -0.2) is 70.8 Å². The first-order valence-corrected chi connectivity index (χ1v) is 8.86. The lowest BCUT2D eigenvalue weighted by Gasteiger charge is -2.30. The maximum atomic E-state index is 12.4. The van der Waals surface area contributed by atoms with Crippen LogP contribution in [0.15, 0.2) is 0 Å². The lowest BCUT2D eigenvalue weighted by atomic mass is 9.95. The number of carbonyl (C=O) groups is 1. The van der Waals surface area contributed by atoms with Gasteiger partial charge in [0.2, 0.25) is 15.9 Å². The smallest absolute Gasteiger partial charge is 0.226 e. The largest absolute Gasteiger partial charge is 0.385 e. The highest BCUT2D eigenvalue weighted by atomic mass is 32.2. The van der Waals surface area contributed by atoms with E-state index in [2.05, 4.69) is 10.6 Å². The molecule has 1 aliphatic rings. The number of nitrogens with zero attached hydrogens (tertiary/aromatic N) is 1. The van der Waals surface area contributed by atoms with Crippen molar-refractivity contribution in [1.82, 2.24) is 14.9 Å². The molecular formula is C13H27N3O4S. The first kappa shape index (κ1) is 18.3. The molecule has 2 N–H and O–H groups in total. The van der Waals surface area contributed by atoms with E-state index in [1.54, 1.807) is 21.0 Å². The maximum absolute atomic E-state index is 12.4. The fourth-order valence-electron chi connectivity index (χ4n) is 2.19. The van der Waals surface area contributed by atoms with Crippen LogP contribution >= 0.6 is 0 Å². The van der Waals surface area contributed by atoms with Gasteiger partial charge in [-0.05, 0) is 20.3 Å². The van der Waals surface area contributed by atoms with E-state index in [9.17, 15) is 13.2 Å². The van der Waals surface area contributed by atoms with Crippen LogP contribution in [0.2, 0.25) is 0 Å². The van der Waals surface area contributed by atoms with Crippen LogP contribution in [0.5, 0.6) is 0 Å². The first-order valence-electron chi connectivity index (χ1n) is 7.25. The van der Waals surface area contributed by atoms with E-state index in [0.717, 1.165) is 0 Å². The molecule has 1 rings (SSSR count). The van der Waals surface area contributed by atoms with Gasteiger partial charge in [0, 0.05) is 46.4 Å². The SMILES string of the molecule is COCCCNC(=O)C(C)(C)CS(=O)(=O)N1CCNCC1. The first-order chi connectivity index (χ1) is 9.79. The molecule has 124 valence electrons. The molecule has 0 aromatic rings. The van der Waals surface area contributed by atoms with Crippen molar-refractivity contribution >= 4 is 15.9 Å². The molecule has 0 bridgehead atoms. The number of carbonyl (C=O) groups excluding carboxylic acids is 1. The number of amides is 1. The highest BCUT2D eigenvalue weighted by Gasteiger charge is 2.36. The van der Waals surface area contributed by atoms with Gasteiger partial charge in [-0.2, -0.15) is 4.31 Å². The Balaban J connectivity index is 2.54. The Kier molecular flexibility index (Phi) is 7.05. The van der Waals surface area contributed by atoms with Crippen molar-refractivity contribution in [2.45, 2.75) is 20.3 Å². The summed E-state index contributed by atoms with van der Waals surface area (Å²) in [5, 5.41) is 5.88. The van der Waals surface area contributed by atoms with Gasteiger partial charge >= 0.3 is 0 Å². The molecule has 1 fully saturated rings. The quantitative estimate of drug-likeness (QED) is 0.583. The zero-order valence-corrected chi connectivity index (χ0v) is 14.0. The highest BCUT2D eigenvalue weighted by molar-refractivity contribution is 7.89. The second-order valence-corrected chi connectivity index (χ2v) is 7.86. The molecule has 0 saturated carbocycles. The lowest BCUT2D eigenvalue weighted by Crippen LogP contribution is -2.50. The molecule has 0 atom stereocenters. The number of sulfonamides is 1. The molecule has 1 aliphatic heterocycles. The number of rotatable bonds is 8. The van der Waals surface area contributed by atoms with Gasteiger partial charge in [0.05, 0.1) is 11.2 Å². The van der Waals surface area contributed by atoms with Crippen molar-refractivity contribution in [3.63, 3.8) is 0 Å². The summed E-state index contributed by atoms with van der Waals surface area (Å²) in [5.41, 5.74) is -0.948. The highest BCUT2D eigenvalue weighted by Crippen LogP contribution is 2.20. The molecule has 1 saturated heterocycles. The molecule has 21 heavy (non-hydrogen) atoms. The molecule has 0 spiro atoms. The third-order valence-corrected chi connectivity index (χ3v) is 5.68. The fraction of sp³-hybridized carbons (Fsp3) is 0.923. The zero-order valence-electron chi connectivity index (χ0n) is 13.1. The summed E-state index contributed by atoms with van der Waals surface area (Å²) < 4.78 is 31.1. The van der Waals surface area contributed by atoms with Crippen molar-refractivity contribution in [3.8, 4) is 0 Å². The minimum absolute atomic E-state index is 0.171. The third kappa shape index (κ3) is 5.90. The van der Waals surface area contributed by atoms with Crippen LogP contribution in [-0.2, 0) is 19.6 Å². The monoisotopic (exact) mass is 321 g/mol. The van der Waals surface area contributed by atoms with Crippen LogP contribution in [0.3, 0.4) is 0 Å². The van der Waals surface area contributed by atoms with Crippen LogP contribution < -0.4 is 10.6 Å². The van der Waals surface area contributed by atoms with E-state index in [0.29, 0.717) is 45.8 Å². The number of nitrogens with one attached hydrogen (secondary N) is 2. The van der Waals surface area contributed by atoms with Gasteiger partial charge in [-0.15, -0.1) is 0 Å². The summed E-state index contributed by atoms with van der Waals surface area (Å²) in [6.45, 7) is 6.63. The Morgan fingerprint density at radius 2 is 1.95 bits per heavy atom. The van der Waals surface area contributed by atoms with Crippen LogP contribution in [0.25, 0.3) is 0 Å². The minimum atomic E-state index is -3.41. The molecule has 1 heterocycles. The van der Waals surface area contributed by atoms with E-state index in [4.69, 9.17) is 4.74 Å². The van der Waals surface area contributed by atoms with Gasteiger partial charge in [0.1, 0.15) is 0 Å². The normalized spacial score (nSPS) is 17.7. The van der Waals surface area contributed by atoms with Gasteiger partial charge in [-0.1, -0.05) is 0 Å². The number of piperazine rings is 1. The van der Waals surface area contributed by atoms with Crippen LogP contribution in [0.4, 0.5) is 0 Å². The standard InChI is InChI=1S/C13H27N3O4S/c1-13(2,12(17)15-5-4-10-20-3)11-21(18,19)16-8-6-14-7-9-16/h14H,4-11H2,1-3H3,(H,15,17). The number of methoxy groups -OCH3 is 1. The predicted molar refractivity (Wildman–Crippen MR) is 81.5 cm³/mol. The lowest BCUT2D eigenvalue weighted by molar-refractivity contribution is -0.128. The Morgan fingerprint density at radius 3 is 2.52 bits per heavy atom. The Labute approximate surface area is 127 Å². The molecule has 8 heteroatoms. The van der Waals surface area contributed by atoms with Gasteiger partial charge < -0.3 is 15.4 Å². The van der Waals surface area contributed by atoms with Gasteiger partial charge in [-0.3, -0.25) is 4.79 Å². The number of ether oxygens (including phenoxy) is 1. The van der Waals surface area contributed by atoms with E-state index in [-0.39, 0.29) is 11.7 Å². The minimum Gasteiger partial charge on any atom is -0.385 e. The molecular weight excluding hydrogens is 294 g/mol. The summed E-state index contributed by atoms with van der Waals surface area (Å²) in [5.74, 6) is -0.409. The number of hydrogen-bond donors (Lipinski definition) is 2. The van der Waals surface area contributed by atoms with E-state index in [1.165, 1.54) is 4.31 Å². The molecule has 0 radical (unpaired) electrons.